The van der Waals surface area contributed by atoms with E-state index >= 15 is 0 Å². The van der Waals surface area contributed by atoms with Crippen LogP contribution >= 0.6 is 27.7 Å². The number of aromatic amines is 1. The molecule has 2 aromatic carbocycles. The highest BCUT2D eigenvalue weighted by Gasteiger charge is 2.13. The van der Waals surface area contributed by atoms with Crippen molar-refractivity contribution >= 4 is 61.4 Å². The molecule has 2 aromatic heterocycles. The number of rotatable bonds is 4. The molecular formula is C20H18BrN5OS. The minimum Gasteiger partial charge on any atom is -0.337 e. The van der Waals surface area contributed by atoms with E-state index in [0.29, 0.717) is 10.8 Å². The molecule has 1 amide bonds. The van der Waals surface area contributed by atoms with Crippen LogP contribution in [0.15, 0.2) is 40.0 Å². The summed E-state index contributed by atoms with van der Waals surface area (Å²) in [6.45, 7) is 6.07. The van der Waals surface area contributed by atoms with Gasteiger partial charge in [0.15, 0.2) is 5.65 Å². The van der Waals surface area contributed by atoms with Crippen LogP contribution in [0.1, 0.15) is 16.7 Å². The minimum atomic E-state index is -0.109. The van der Waals surface area contributed by atoms with E-state index in [1.54, 1.807) is 0 Å². The number of carbonyl (C=O) groups is 1. The van der Waals surface area contributed by atoms with Gasteiger partial charge in [0.1, 0.15) is 5.52 Å². The molecule has 0 saturated carbocycles. The van der Waals surface area contributed by atoms with E-state index in [0.717, 1.165) is 37.7 Å². The van der Waals surface area contributed by atoms with Gasteiger partial charge in [-0.05, 0) is 56.2 Å². The summed E-state index contributed by atoms with van der Waals surface area (Å²) in [6, 6.07) is 9.94. The number of nitrogens with zero attached hydrogens (tertiary/aromatic N) is 3. The highest BCUT2D eigenvalue weighted by molar-refractivity contribution is 9.10. The van der Waals surface area contributed by atoms with Crippen molar-refractivity contribution in [2.75, 3.05) is 11.1 Å². The van der Waals surface area contributed by atoms with Crippen LogP contribution in [0, 0.1) is 20.8 Å². The van der Waals surface area contributed by atoms with Crippen molar-refractivity contribution in [3.8, 4) is 0 Å². The van der Waals surface area contributed by atoms with Gasteiger partial charge >= 0.3 is 0 Å². The van der Waals surface area contributed by atoms with Gasteiger partial charge in [-0.25, -0.2) is 4.98 Å². The van der Waals surface area contributed by atoms with Crippen LogP contribution in [0.5, 0.6) is 0 Å². The Labute approximate surface area is 174 Å². The average Bonchev–Trinajstić information content (AvgIpc) is 3.00. The number of hydrogen-bond acceptors (Lipinski definition) is 5. The Morgan fingerprint density at radius 2 is 1.96 bits per heavy atom. The van der Waals surface area contributed by atoms with Gasteiger partial charge in [0, 0.05) is 15.5 Å². The van der Waals surface area contributed by atoms with E-state index in [1.165, 1.54) is 17.3 Å². The summed E-state index contributed by atoms with van der Waals surface area (Å²) in [4.78, 5) is 20.1. The maximum atomic E-state index is 12.3. The summed E-state index contributed by atoms with van der Waals surface area (Å²) in [5.74, 6) is 0.100. The van der Waals surface area contributed by atoms with Crippen LogP contribution in [-0.2, 0) is 4.79 Å². The molecule has 0 fully saturated rings. The molecule has 0 aliphatic carbocycles. The van der Waals surface area contributed by atoms with E-state index in [-0.39, 0.29) is 11.7 Å². The molecule has 0 bridgehead atoms. The molecule has 0 radical (unpaired) electrons. The van der Waals surface area contributed by atoms with Gasteiger partial charge in [0.05, 0.1) is 11.3 Å². The number of halogens is 1. The lowest BCUT2D eigenvalue weighted by Gasteiger charge is -2.08. The van der Waals surface area contributed by atoms with Gasteiger partial charge in [0.2, 0.25) is 11.1 Å². The lowest BCUT2D eigenvalue weighted by Crippen LogP contribution is -2.15. The molecule has 8 heteroatoms. The Bertz CT molecular complexity index is 1220. The molecule has 0 unspecified atom stereocenters. The number of thioether (sulfide) groups is 1. The van der Waals surface area contributed by atoms with Gasteiger partial charge in [-0.2, -0.15) is 0 Å². The summed E-state index contributed by atoms with van der Waals surface area (Å²) in [5.41, 5.74) is 6.57. The number of fused-ring (bicyclic) bond motifs is 3. The number of amides is 1. The number of hydrogen-bond donors (Lipinski definition) is 2. The van der Waals surface area contributed by atoms with Crippen molar-refractivity contribution < 1.29 is 4.79 Å². The zero-order valence-electron chi connectivity index (χ0n) is 15.6. The van der Waals surface area contributed by atoms with Crippen LogP contribution < -0.4 is 5.32 Å². The van der Waals surface area contributed by atoms with Gasteiger partial charge in [0.25, 0.3) is 0 Å². The maximum absolute atomic E-state index is 12.3. The normalized spacial score (nSPS) is 11.3. The predicted octanol–water partition coefficient (Wildman–Crippen LogP) is 4.92. The van der Waals surface area contributed by atoms with E-state index in [9.17, 15) is 4.79 Å². The highest BCUT2D eigenvalue weighted by Crippen LogP contribution is 2.27. The molecule has 28 heavy (non-hydrogen) atoms. The zero-order valence-corrected chi connectivity index (χ0v) is 18.0. The summed E-state index contributed by atoms with van der Waals surface area (Å²) < 4.78 is 0.980. The molecule has 142 valence electrons. The quantitative estimate of drug-likeness (QED) is 0.426. The van der Waals surface area contributed by atoms with Crippen LogP contribution in [0.4, 0.5) is 5.69 Å². The first kappa shape index (κ1) is 18.9. The second kappa shape index (κ2) is 7.52. The third-order valence-corrected chi connectivity index (χ3v) is 5.77. The van der Waals surface area contributed by atoms with Crippen LogP contribution in [0.25, 0.3) is 22.1 Å². The first-order chi connectivity index (χ1) is 13.4. The second-order valence-electron chi connectivity index (χ2n) is 6.72. The first-order valence-electron chi connectivity index (χ1n) is 8.73. The van der Waals surface area contributed by atoms with Crippen LogP contribution in [0.3, 0.4) is 0 Å². The number of H-pyrrole nitrogens is 1. The third kappa shape index (κ3) is 3.74. The fraction of sp³-hybridized carbons (Fsp3) is 0.200. The molecule has 6 nitrogen and oxygen atoms in total. The molecule has 2 heterocycles. The van der Waals surface area contributed by atoms with E-state index in [4.69, 9.17) is 0 Å². The van der Waals surface area contributed by atoms with Crippen molar-refractivity contribution in [3.05, 3.63) is 51.5 Å². The Kier molecular flexibility index (Phi) is 5.07. The number of benzene rings is 2. The molecule has 4 rings (SSSR count). The van der Waals surface area contributed by atoms with Crippen molar-refractivity contribution in [2.24, 2.45) is 0 Å². The Morgan fingerprint density at radius 3 is 2.75 bits per heavy atom. The predicted molar refractivity (Wildman–Crippen MR) is 117 cm³/mol. The van der Waals surface area contributed by atoms with E-state index in [2.05, 4.69) is 67.4 Å². The topological polar surface area (TPSA) is 83.6 Å². The Morgan fingerprint density at radius 1 is 1.14 bits per heavy atom. The molecule has 0 aliphatic rings. The Balaban J connectivity index is 1.51. The summed E-state index contributed by atoms with van der Waals surface area (Å²) in [5, 5.41) is 12.9. The summed E-state index contributed by atoms with van der Waals surface area (Å²) in [6.07, 6.45) is 0. The molecule has 2 N–H and O–H groups in total. The molecular weight excluding hydrogens is 438 g/mol. The van der Waals surface area contributed by atoms with Gasteiger partial charge in [-0.15, -0.1) is 10.2 Å². The van der Waals surface area contributed by atoms with Crippen molar-refractivity contribution in [1.82, 2.24) is 20.2 Å². The third-order valence-electron chi connectivity index (χ3n) is 4.44. The van der Waals surface area contributed by atoms with Crippen molar-refractivity contribution in [1.29, 1.82) is 0 Å². The molecule has 0 atom stereocenters. The molecule has 4 aromatic rings. The smallest absolute Gasteiger partial charge is 0.234 e. The number of aryl methyl sites for hydroxylation is 3. The lowest BCUT2D eigenvalue weighted by atomic mass is 10.1. The number of nitrogens with one attached hydrogen (secondary N) is 2. The van der Waals surface area contributed by atoms with Crippen LogP contribution in [-0.4, -0.2) is 31.8 Å². The van der Waals surface area contributed by atoms with E-state index in [1.807, 2.05) is 25.1 Å². The van der Waals surface area contributed by atoms with Crippen LogP contribution in [0.2, 0.25) is 0 Å². The number of aromatic nitrogens is 4. The van der Waals surface area contributed by atoms with Crippen molar-refractivity contribution in [2.45, 2.75) is 25.9 Å². The van der Waals surface area contributed by atoms with E-state index < -0.39 is 0 Å². The molecule has 0 aliphatic heterocycles. The average molecular weight is 456 g/mol. The van der Waals surface area contributed by atoms with Crippen molar-refractivity contribution in [3.63, 3.8) is 0 Å². The SMILES string of the molecule is Cc1cc(C)c2[nH]c3nc(SCC(=O)Nc4ccc(Br)cc4C)nnc3c2c1. The van der Waals surface area contributed by atoms with Gasteiger partial charge in [-0.1, -0.05) is 39.3 Å². The maximum Gasteiger partial charge on any atom is 0.234 e. The number of carbonyl (C=O) groups excluding carboxylic acids is 1. The van der Waals surface area contributed by atoms with Gasteiger partial charge < -0.3 is 10.3 Å². The number of anilines is 1. The molecule has 0 spiro atoms. The largest absolute Gasteiger partial charge is 0.337 e. The van der Waals surface area contributed by atoms with Gasteiger partial charge in [-0.3, -0.25) is 4.79 Å². The first-order valence-corrected chi connectivity index (χ1v) is 10.5. The Hall–Kier alpha value is -2.45. The highest BCUT2D eigenvalue weighted by atomic mass is 79.9. The summed E-state index contributed by atoms with van der Waals surface area (Å²) in [7, 11) is 0. The molecule has 0 saturated heterocycles. The fourth-order valence-electron chi connectivity index (χ4n) is 3.16. The monoisotopic (exact) mass is 455 g/mol. The minimum absolute atomic E-state index is 0.109. The zero-order chi connectivity index (χ0) is 19.8. The summed E-state index contributed by atoms with van der Waals surface area (Å²) >= 11 is 4.68. The lowest BCUT2D eigenvalue weighted by molar-refractivity contribution is -0.113. The second-order valence-corrected chi connectivity index (χ2v) is 8.58. The standard InChI is InChI=1S/C20H18BrN5OS/c1-10-6-12(3)17-14(7-10)18-19(23-17)24-20(26-25-18)28-9-16(27)22-15-5-4-13(21)8-11(15)2/h4-8H,9H2,1-3H3,(H,22,27)(H,23,24,26). The fourth-order valence-corrected chi connectivity index (χ4v) is 4.23.